The van der Waals surface area contributed by atoms with E-state index in [4.69, 9.17) is 63.1 Å². The minimum Gasteiger partial charge on any atom is -0.507 e. The molecule has 2 nitrogen and oxygen atoms in total. The maximum atomic E-state index is 11.1. The Morgan fingerprint density at radius 1 is 1.08 bits per heavy atom. The molecular formula is C5HCl5O2. The number of hydrogen-bond donors (Lipinski definition) is 1. The SMILES string of the molecule is O=C1C(Cl)=C(O)C(Cl)(Cl)C1(Cl)Cl. The Balaban J connectivity index is 3.31. The van der Waals surface area contributed by atoms with Crippen LogP contribution >= 0.6 is 58.0 Å². The van der Waals surface area contributed by atoms with Crippen LogP contribution in [-0.4, -0.2) is 19.6 Å². The number of aliphatic hydroxyl groups excluding tert-OH is 1. The fourth-order valence-corrected chi connectivity index (χ4v) is 1.88. The van der Waals surface area contributed by atoms with Crippen LogP contribution in [0.1, 0.15) is 0 Å². The first-order valence-electron chi connectivity index (χ1n) is 2.62. The average molecular weight is 270 g/mol. The van der Waals surface area contributed by atoms with Crippen LogP contribution in [0.3, 0.4) is 0 Å². The van der Waals surface area contributed by atoms with Gasteiger partial charge in [-0.25, -0.2) is 0 Å². The van der Waals surface area contributed by atoms with Crippen LogP contribution < -0.4 is 0 Å². The van der Waals surface area contributed by atoms with E-state index in [9.17, 15) is 4.79 Å². The van der Waals surface area contributed by atoms with Gasteiger partial charge in [-0.1, -0.05) is 58.0 Å². The quantitative estimate of drug-likeness (QED) is 0.687. The summed E-state index contributed by atoms with van der Waals surface area (Å²) < 4.78 is -4.21. The van der Waals surface area contributed by atoms with Crippen molar-refractivity contribution in [2.45, 2.75) is 8.67 Å². The molecule has 68 valence electrons. The number of carbonyl (C=O) groups excluding carboxylic acids is 1. The molecule has 0 spiro atoms. The zero-order valence-electron chi connectivity index (χ0n) is 5.25. The molecule has 0 heterocycles. The number of ketones is 1. The maximum absolute atomic E-state index is 11.1. The number of halogens is 5. The zero-order chi connectivity index (χ0) is 9.73. The normalized spacial score (nSPS) is 26.6. The van der Waals surface area contributed by atoms with E-state index in [1.807, 2.05) is 0 Å². The molecule has 0 saturated heterocycles. The first-order valence-corrected chi connectivity index (χ1v) is 4.51. The number of hydrogen-bond acceptors (Lipinski definition) is 2. The summed E-state index contributed by atoms with van der Waals surface area (Å²) in [6, 6.07) is 0. The molecule has 0 aromatic carbocycles. The minimum absolute atomic E-state index is 0.537. The first kappa shape index (κ1) is 10.7. The Bertz CT molecular complexity index is 280. The van der Waals surface area contributed by atoms with E-state index in [2.05, 4.69) is 0 Å². The van der Waals surface area contributed by atoms with Gasteiger partial charge in [0.15, 0.2) is 5.76 Å². The van der Waals surface area contributed by atoms with Crippen LogP contribution in [0.5, 0.6) is 0 Å². The Morgan fingerprint density at radius 3 is 1.58 bits per heavy atom. The molecule has 0 aliphatic heterocycles. The zero-order valence-corrected chi connectivity index (χ0v) is 9.02. The number of aliphatic hydroxyl groups is 1. The molecule has 0 aromatic heterocycles. The lowest BCUT2D eigenvalue weighted by atomic mass is 10.3. The van der Waals surface area contributed by atoms with Crippen molar-refractivity contribution in [3.8, 4) is 0 Å². The molecule has 0 fully saturated rings. The monoisotopic (exact) mass is 268 g/mol. The standard InChI is InChI=1S/C5HCl5O2/c6-1-2(11)4(7,8)5(9,10)3(1)12/h11H. The summed E-state index contributed by atoms with van der Waals surface area (Å²) in [5, 5.41) is 8.59. The smallest absolute Gasteiger partial charge is 0.221 e. The average Bonchev–Trinajstić information content (AvgIpc) is 2.05. The minimum atomic E-state index is -2.13. The van der Waals surface area contributed by atoms with Crippen molar-refractivity contribution in [2.24, 2.45) is 0 Å². The predicted molar refractivity (Wildman–Crippen MR) is 49.4 cm³/mol. The molecule has 0 amide bonds. The summed E-state index contributed by atoms with van der Waals surface area (Å²) in [7, 11) is 0. The summed E-state index contributed by atoms with van der Waals surface area (Å²) >= 11 is 27.2. The highest BCUT2D eigenvalue weighted by Crippen LogP contribution is 2.54. The van der Waals surface area contributed by atoms with Gasteiger partial charge in [-0.3, -0.25) is 4.79 Å². The van der Waals surface area contributed by atoms with Gasteiger partial charge in [0.1, 0.15) is 5.03 Å². The van der Waals surface area contributed by atoms with Gasteiger partial charge in [-0.2, -0.15) is 0 Å². The van der Waals surface area contributed by atoms with Crippen LogP contribution in [0.2, 0.25) is 0 Å². The molecule has 1 aliphatic carbocycles. The van der Waals surface area contributed by atoms with E-state index in [1.54, 1.807) is 0 Å². The Morgan fingerprint density at radius 2 is 1.50 bits per heavy atom. The largest absolute Gasteiger partial charge is 0.507 e. The van der Waals surface area contributed by atoms with E-state index < -0.39 is 25.2 Å². The van der Waals surface area contributed by atoms with Gasteiger partial charge in [-0.15, -0.1) is 0 Å². The molecule has 0 atom stereocenters. The first-order chi connectivity index (χ1) is 5.23. The van der Waals surface area contributed by atoms with E-state index in [-0.39, 0.29) is 0 Å². The highest BCUT2D eigenvalue weighted by atomic mass is 35.5. The van der Waals surface area contributed by atoms with Gasteiger partial charge < -0.3 is 5.11 Å². The van der Waals surface area contributed by atoms with Gasteiger partial charge in [-0.05, 0) is 0 Å². The van der Waals surface area contributed by atoms with Crippen LogP contribution in [0.15, 0.2) is 10.8 Å². The lowest BCUT2D eigenvalue weighted by Crippen LogP contribution is -2.38. The van der Waals surface area contributed by atoms with E-state index in [0.29, 0.717) is 0 Å². The van der Waals surface area contributed by atoms with Crippen molar-refractivity contribution in [3.05, 3.63) is 10.8 Å². The summed E-state index contributed by atoms with van der Waals surface area (Å²) in [5.74, 6) is -1.63. The Hall–Kier alpha value is 0.660. The van der Waals surface area contributed by atoms with E-state index >= 15 is 0 Å². The summed E-state index contributed by atoms with van der Waals surface area (Å²) in [6.45, 7) is 0. The van der Waals surface area contributed by atoms with Gasteiger partial charge in [0.2, 0.25) is 14.4 Å². The van der Waals surface area contributed by atoms with Crippen LogP contribution in [0.25, 0.3) is 0 Å². The van der Waals surface area contributed by atoms with Crippen molar-refractivity contribution in [1.29, 1.82) is 0 Å². The third-order valence-corrected chi connectivity index (χ3v) is 3.96. The molecule has 0 unspecified atom stereocenters. The van der Waals surface area contributed by atoms with Crippen molar-refractivity contribution in [1.82, 2.24) is 0 Å². The molecule has 0 radical (unpaired) electrons. The second kappa shape index (κ2) is 2.82. The fourth-order valence-electron chi connectivity index (χ4n) is 0.674. The molecular weight excluding hydrogens is 269 g/mol. The predicted octanol–water partition coefficient (Wildman–Crippen LogP) is 2.93. The van der Waals surface area contributed by atoms with Crippen LogP contribution in [-0.2, 0) is 4.79 Å². The van der Waals surface area contributed by atoms with E-state index in [1.165, 1.54) is 0 Å². The highest BCUT2D eigenvalue weighted by Gasteiger charge is 2.63. The van der Waals surface area contributed by atoms with Gasteiger partial charge in [0, 0.05) is 0 Å². The second-order valence-electron chi connectivity index (χ2n) is 2.14. The van der Waals surface area contributed by atoms with Crippen molar-refractivity contribution >= 4 is 63.8 Å². The topological polar surface area (TPSA) is 37.3 Å². The molecule has 0 saturated carbocycles. The van der Waals surface area contributed by atoms with Crippen molar-refractivity contribution < 1.29 is 9.90 Å². The molecule has 1 N–H and O–H groups in total. The summed E-state index contributed by atoms with van der Waals surface area (Å²) in [6.07, 6.45) is 0. The number of rotatable bonds is 0. The molecule has 1 rings (SSSR count). The molecule has 1 aliphatic rings. The van der Waals surface area contributed by atoms with Crippen molar-refractivity contribution in [2.75, 3.05) is 0 Å². The highest BCUT2D eigenvalue weighted by molar-refractivity contribution is 6.75. The molecule has 0 bridgehead atoms. The molecule has 7 heteroatoms. The number of allylic oxidation sites excluding steroid dienone is 2. The second-order valence-corrected chi connectivity index (χ2v) is 5.17. The molecule has 12 heavy (non-hydrogen) atoms. The number of alkyl halides is 4. The van der Waals surface area contributed by atoms with Crippen LogP contribution in [0, 0.1) is 0 Å². The maximum Gasteiger partial charge on any atom is 0.221 e. The van der Waals surface area contributed by atoms with Gasteiger partial charge in [0.25, 0.3) is 0 Å². The third kappa shape index (κ3) is 1.13. The van der Waals surface area contributed by atoms with Crippen LogP contribution in [0.4, 0.5) is 0 Å². The van der Waals surface area contributed by atoms with Gasteiger partial charge in [0.05, 0.1) is 0 Å². The summed E-state index contributed by atoms with van der Waals surface area (Å²) in [5.41, 5.74) is 0. The lowest BCUT2D eigenvalue weighted by molar-refractivity contribution is -0.115. The third-order valence-electron chi connectivity index (χ3n) is 1.38. The van der Waals surface area contributed by atoms with Gasteiger partial charge >= 0.3 is 0 Å². The Kier molecular flexibility index (Phi) is 2.53. The number of Topliss-reactive ketones (excluding diaryl/α,β-unsaturated/α-hetero) is 1. The number of carbonyl (C=O) groups is 1. The summed E-state index contributed by atoms with van der Waals surface area (Å²) in [4.78, 5) is 11.1. The fraction of sp³-hybridized carbons (Fsp3) is 0.400. The Labute approximate surface area is 93.0 Å². The van der Waals surface area contributed by atoms with Crippen molar-refractivity contribution in [3.63, 3.8) is 0 Å². The van der Waals surface area contributed by atoms with E-state index in [0.717, 1.165) is 0 Å². The molecule has 0 aromatic rings. The lowest BCUT2D eigenvalue weighted by Gasteiger charge is -2.23.